The lowest BCUT2D eigenvalue weighted by Crippen LogP contribution is -2.30. The SMILES string of the molecule is Cc1ccc(NCC(=O)NCC#N)cc1C(F)(F)F. The first-order chi connectivity index (χ1) is 8.84. The number of rotatable bonds is 4. The van der Waals surface area contributed by atoms with Gasteiger partial charge in [0.2, 0.25) is 5.91 Å². The second kappa shape index (κ2) is 6.09. The van der Waals surface area contributed by atoms with E-state index in [2.05, 4.69) is 10.6 Å². The number of hydrogen-bond acceptors (Lipinski definition) is 3. The molecule has 0 fully saturated rings. The predicted molar refractivity (Wildman–Crippen MR) is 63.3 cm³/mol. The number of nitrogens with zero attached hydrogens (tertiary/aromatic N) is 1. The average Bonchev–Trinajstić information content (AvgIpc) is 2.34. The van der Waals surface area contributed by atoms with Gasteiger partial charge in [0.15, 0.2) is 0 Å². The Kier molecular flexibility index (Phi) is 4.75. The number of alkyl halides is 3. The van der Waals surface area contributed by atoms with Crippen molar-refractivity contribution in [1.29, 1.82) is 5.26 Å². The molecule has 0 heterocycles. The van der Waals surface area contributed by atoms with Crippen molar-refractivity contribution < 1.29 is 18.0 Å². The summed E-state index contributed by atoms with van der Waals surface area (Å²) < 4.78 is 38.0. The van der Waals surface area contributed by atoms with Crippen molar-refractivity contribution in [3.05, 3.63) is 29.3 Å². The minimum absolute atomic E-state index is 0.118. The molecule has 2 N–H and O–H groups in total. The largest absolute Gasteiger partial charge is 0.416 e. The topological polar surface area (TPSA) is 64.9 Å². The normalized spacial score (nSPS) is 10.7. The number of carbonyl (C=O) groups excluding carboxylic acids is 1. The fourth-order valence-corrected chi connectivity index (χ4v) is 1.42. The molecule has 7 heteroatoms. The lowest BCUT2D eigenvalue weighted by atomic mass is 10.1. The van der Waals surface area contributed by atoms with Crippen LogP contribution in [0.1, 0.15) is 11.1 Å². The van der Waals surface area contributed by atoms with Crippen molar-refractivity contribution in [3.8, 4) is 6.07 Å². The van der Waals surface area contributed by atoms with E-state index in [4.69, 9.17) is 5.26 Å². The molecular weight excluding hydrogens is 259 g/mol. The van der Waals surface area contributed by atoms with Crippen LogP contribution in [0, 0.1) is 18.3 Å². The zero-order valence-electron chi connectivity index (χ0n) is 10.1. The fraction of sp³-hybridized carbons (Fsp3) is 0.333. The highest BCUT2D eigenvalue weighted by molar-refractivity contribution is 5.80. The molecule has 1 aromatic rings. The Hall–Kier alpha value is -2.23. The molecule has 0 aliphatic carbocycles. The van der Waals surface area contributed by atoms with Gasteiger partial charge in [-0.25, -0.2) is 0 Å². The summed E-state index contributed by atoms with van der Waals surface area (Å²) >= 11 is 0. The molecule has 0 saturated carbocycles. The summed E-state index contributed by atoms with van der Waals surface area (Å²) in [6.45, 7) is 1.04. The van der Waals surface area contributed by atoms with E-state index in [0.717, 1.165) is 6.07 Å². The number of carbonyl (C=O) groups is 1. The van der Waals surface area contributed by atoms with E-state index in [-0.39, 0.29) is 24.3 Å². The molecule has 0 bridgehead atoms. The summed E-state index contributed by atoms with van der Waals surface area (Å²) in [4.78, 5) is 11.2. The van der Waals surface area contributed by atoms with E-state index in [1.807, 2.05) is 0 Å². The summed E-state index contributed by atoms with van der Waals surface area (Å²) in [5.74, 6) is -0.462. The van der Waals surface area contributed by atoms with Crippen molar-refractivity contribution in [2.45, 2.75) is 13.1 Å². The highest BCUT2D eigenvalue weighted by atomic mass is 19.4. The van der Waals surface area contributed by atoms with Crippen LogP contribution in [0.15, 0.2) is 18.2 Å². The third kappa shape index (κ3) is 4.50. The van der Waals surface area contributed by atoms with Gasteiger partial charge in [-0.1, -0.05) is 6.07 Å². The molecule has 0 spiro atoms. The highest BCUT2D eigenvalue weighted by Gasteiger charge is 2.32. The lowest BCUT2D eigenvalue weighted by Gasteiger charge is -2.13. The van der Waals surface area contributed by atoms with Crippen LogP contribution in [0.25, 0.3) is 0 Å². The van der Waals surface area contributed by atoms with Gasteiger partial charge in [-0.15, -0.1) is 0 Å². The zero-order chi connectivity index (χ0) is 14.5. The van der Waals surface area contributed by atoms with Gasteiger partial charge < -0.3 is 10.6 Å². The maximum absolute atomic E-state index is 12.7. The van der Waals surface area contributed by atoms with Crippen molar-refractivity contribution in [1.82, 2.24) is 5.32 Å². The van der Waals surface area contributed by atoms with Gasteiger partial charge in [-0.2, -0.15) is 18.4 Å². The second-order valence-electron chi connectivity index (χ2n) is 3.82. The molecule has 0 atom stereocenters. The van der Waals surface area contributed by atoms with E-state index >= 15 is 0 Å². The molecule has 19 heavy (non-hydrogen) atoms. The first-order valence-corrected chi connectivity index (χ1v) is 5.40. The zero-order valence-corrected chi connectivity index (χ0v) is 10.1. The Morgan fingerprint density at radius 1 is 1.42 bits per heavy atom. The van der Waals surface area contributed by atoms with Crippen LogP contribution in [0.4, 0.5) is 18.9 Å². The molecule has 0 aliphatic rings. The van der Waals surface area contributed by atoms with Crippen LogP contribution in [-0.2, 0) is 11.0 Å². The van der Waals surface area contributed by atoms with Crippen molar-refractivity contribution in [2.75, 3.05) is 18.4 Å². The van der Waals surface area contributed by atoms with Gasteiger partial charge in [0.1, 0.15) is 6.54 Å². The molecule has 0 unspecified atom stereocenters. The van der Waals surface area contributed by atoms with E-state index in [1.165, 1.54) is 19.1 Å². The number of aryl methyl sites for hydroxylation is 1. The second-order valence-corrected chi connectivity index (χ2v) is 3.82. The number of benzene rings is 1. The third-order valence-corrected chi connectivity index (χ3v) is 2.36. The van der Waals surface area contributed by atoms with Crippen LogP contribution in [0.5, 0.6) is 0 Å². The monoisotopic (exact) mass is 271 g/mol. The number of nitrogens with one attached hydrogen (secondary N) is 2. The fourth-order valence-electron chi connectivity index (χ4n) is 1.42. The van der Waals surface area contributed by atoms with Crippen LogP contribution < -0.4 is 10.6 Å². The van der Waals surface area contributed by atoms with Gasteiger partial charge >= 0.3 is 6.18 Å². The van der Waals surface area contributed by atoms with E-state index in [9.17, 15) is 18.0 Å². The number of halogens is 3. The first-order valence-electron chi connectivity index (χ1n) is 5.40. The third-order valence-electron chi connectivity index (χ3n) is 2.36. The average molecular weight is 271 g/mol. The van der Waals surface area contributed by atoms with E-state index in [0.29, 0.717) is 0 Å². The number of hydrogen-bond donors (Lipinski definition) is 2. The molecule has 1 amide bonds. The summed E-state index contributed by atoms with van der Waals surface area (Å²) in [6.07, 6.45) is -4.43. The van der Waals surface area contributed by atoms with Gasteiger partial charge in [0.25, 0.3) is 0 Å². The predicted octanol–water partition coefficient (Wildman–Crippen LogP) is 2.07. The summed E-state index contributed by atoms with van der Waals surface area (Å²) in [5.41, 5.74) is -0.424. The number of nitriles is 1. The molecular formula is C12H12F3N3O. The van der Waals surface area contributed by atoms with Crippen LogP contribution in [-0.4, -0.2) is 19.0 Å². The summed E-state index contributed by atoms with van der Waals surface area (Å²) in [5, 5.41) is 13.1. The van der Waals surface area contributed by atoms with E-state index < -0.39 is 17.6 Å². The molecule has 0 aromatic heterocycles. The van der Waals surface area contributed by atoms with Gasteiger partial charge in [-0.05, 0) is 24.6 Å². The van der Waals surface area contributed by atoms with Crippen LogP contribution in [0.2, 0.25) is 0 Å². The van der Waals surface area contributed by atoms with Crippen molar-refractivity contribution in [2.24, 2.45) is 0 Å². The van der Waals surface area contributed by atoms with Crippen LogP contribution >= 0.6 is 0 Å². The maximum atomic E-state index is 12.7. The number of anilines is 1. The maximum Gasteiger partial charge on any atom is 0.416 e. The molecule has 0 saturated heterocycles. The number of amides is 1. The van der Waals surface area contributed by atoms with Gasteiger partial charge in [0, 0.05) is 5.69 Å². The molecule has 0 radical (unpaired) electrons. The standard InChI is InChI=1S/C12H12F3N3O/c1-8-2-3-9(6-10(8)12(13,14)15)18-7-11(19)17-5-4-16/h2-3,6,18H,5,7H2,1H3,(H,17,19). The Morgan fingerprint density at radius 3 is 2.68 bits per heavy atom. The van der Waals surface area contributed by atoms with E-state index in [1.54, 1.807) is 6.07 Å². The Balaban J connectivity index is 2.71. The molecule has 102 valence electrons. The molecule has 1 rings (SSSR count). The van der Waals surface area contributed by atoms with Gasteiger partial charge in [0.05, 0.1) is 18.2 Å². The molecule has 0 aliphatic heterocycles. The summed E-state index contributed by atoms with van der Waals surface area (Å²) in [6, 6.07) is 5.47. The smallest absolute Gasteiger partial charge is 0.376 e. The quantitative estimate of drug-likeness (QED) is 0.824. The molecule has 1 aromatic carbocycles. The van der Waals surface area contributed by atoms with Crippen LogP contribution in [0.3, 0.4) is 0 Å². The highest BCUT2D eigenvalue weighted by Crippen LogP contribution is 2.33. The minimum Gasteiger partial charge on any atom is -0.376 e. The summed E-state index contributed by atoms with van der Waals surface area (Å²) in [7, 11) is 0. The molecule has 4 nitrogen and oxygen atoms in total. The Bertz CT molecular complexity index is 506. The van der Waals surface area contributed by atoms with Crippen molar-refractivity contribution >= 4 is 11.6 Å². The van der Waals surface area contributed by atoms with Crippen molar-refractivity contribution in [3.63, 3.8) is 0 Å². The minimum atomic E-state index is -4.43. The lowest BCUT2D eigenvalue weighted by molar-refractivity contribution is -0.138. The Morgan fingerprint density at radius 2 is 2.11 bits per heavy atom. The van der Waals surface area contributed by atoms with Gasteiger partial charge in [-0.3, -0.25) is 4.79 Å². The first kappa shape index (κ1) is 14.8. The Labute approximate surface area is 108 Å².